The number of halogens is 1. The number of nitrogens with zero attached hydrogens (tertiary/aromatic N) is 4. The third-order valence-corrected chi connectivity index (χ3v) is 7.81. The van der Waals surface area contributed by atoms with Crippen molar-refractivity contribution in [2.45, 2.75) is 33.0 Å². The van der Waals surface area contributed by atoms with E-state index in [1.807, 2.05) is 51.9 Å². The summed E-state index contributed by atoms with van der Waals surface area (Å²) in [6.07, 6.45) is 0. The fourth-order valence-electron chi connectivity index (χ4n) is 5.62. The quantitative estimate of drug-likeness (QED) is 0.316. The predicted molar refractivity (Wildman–Crippen MR) is 157 cm³/mol. The third kappa shape index (κ3) is 5.92. The zero-order chi connectivity index (χ0) is 29.1. The number of imidazole rings is 1. The zero-order valence-electron chi connectivity index (χ0n) is 24.0. The van der Waals surface area contributed by atoms with Crippen LogP contribution >= 0.6 is 0 Å². The molecule has 1 saturated heterocycles. The minimum Gasteiger partial charge on any atom is -0.497 e. The maximum atomic E-state index is 14.3. The molecular formula is C32H37FN4O4. The maximum absolute atomic E-state index is 14.3. The van der Waals surface area contributed by atoms with Gasteiger partial charge in [0.2, 0.25) is 0 Å². The van der Waals surface area contributed by atoms with Crippen molar-refractivity contribution < 1.29 is 23.8 Å². The Morgan fingerprint density at radius 2 is 1.78 bits per heavy atom. The molecule has 1 amide bonds. The van der Waals surface area contributed by atoms with Crippen molar-refractivity contribution >= 4 is 16.9 Å². The molecule has 1 N–H and O–H groups in total. The van der Waals surface area contributed by atoms with Crippen molar-refractivity contribution in [3.8, 4) is 22.9 Å². The molecule has 0 aliphatic carbocycles. The van der Waals surface area contributed by atoms with Crippen molar-refractivity contribution in [2.75, 3.05) is 40.5 Å². The van der Waals surface area contributed by atoms with Gasteiger partial charge in [-0.1, -0.05) is 32.0 Å². The SMILES string of the molecule is COc1cc(OC)cc(-c2nc3cc(C(=O)N4CCN(Cc5ccccc5F)CC4C(C)C)ccc3n2CCO)c1. The Balaban J connectivity index is 1.43. The van der Waals surface area contributed by atoms with Crippen LogP contribution in [0.1, 0.15) is 29.8 Å². The number of aromatic nitrogens is 2. The van der Waals surface area contributed by atoms with Crippen LogP contribution in [0.3, 0.4) is 0 Å². The molecule has 0 radical (unpaired) electrons. The second-order valence-electron chi connectivity index (χ2n) is 10.8. The number of hydrogen-bond acceptors (Lipinski definition) is 6. The highest BCUT2D eigenvalue weighted by Crippen LogP contribution is 2.32. The highest BCUT2D eigenvalue weighted by molar-refractivity contribution is 5.98. The Bertz CT molecular complexity index is 1510. The average molecular weight is 561 g/mol. The smallest absolute Gasteiger partial charge is 0.254 e. The number of hydrogen-bond donors (Lipinski definition) is 1. The van der Waals surface area contributed by atoms with Crippen LogP contribution in [0, 0.1) is 11.7 Å². The van der Waals surface area contributed by atoms with Gasteiger partial charge in [-0.25, -0.2) is 9.37 Å². The van der Waals surface area contributed by atoms with Gasteiger partial charge in [0.05, 0.1) is 31.9 Å². The zero-order valence-corrected chi connectivity index (χ0v) is 24.0. The van der Waals surface area contributed by atoms with Crippen molar-refractivity contribution in [3.05, 3.63) is 77.6 Å². The van der Waals surface area contributed by atoms with E-state index in [2.05, 4.69) is 18.7 Å². The molecular weight excluding hydrogens is 523 g/mol. The first kappa shape index (κ1) is 28.6. The molecule has 3 aromatic carbocycles. The number of ether oxygens (including phenoxy) is 2. The van der Waals surface area contributed by atoms with Gasteiger partial charge in [-0.3, -0.25) is 9.69 Å². The lowest BCUT2D eigenvalue weighted by Gasteiger charge is -2.43. The highest BCUT2D eigenvalue weighted by Gasteiger charge is 2.33. The van der Waals surface area contributed by atoms with Gasteiger partial charge in [0.25, 0.3) is 5.91 Å². The number of piperazine rings is 1. The van der Waals surface area contributed by atoms with Crippen LogP contribution in [-0.2, 0) is 13.1 Å². The summed E-state index contributed by atoms with van der Waals surface area (Å²) < 4.78 is 27.1. The van der Waals surface area contributed by atoms with Crippen LogP contribution in [0.2, 0.25) is 0 Å². The molecule has 1 aliphatic heterocycles. The largest absolute Gasteiger partial charge is 0.497 e. The number of methoxy groups -OCH3 is 2. The van der Waals surface area contributed by atoms with Gasteiger partial charge in [0, 0.05) is 61.5 Å². The molecule has 9 heteroatoms. The second-order valence-corrected chi connectivity index (χ2v) is 10.8. The Morgan fingerprint density at radius 3 is 2.44 bits per heavy atom. The van der Waals surface area contributed by atoms with Gasteiger partial charge < -0.3 is 24.0 Å². The summed E-state index contributed by atoms with van der Waals surface area (Å²) in [4.78, 5) is 22.9. The topological polar surface area (TPSA) is 80.1 Å². The summed E-state index contributed by atoms with van der Waals surface area (Å²) in [6.45, 7) is 6.93. The predicted octanol–water partition coefficient (Wildman–Crippen LogP) is 4.83. The fraction of sp³-hybridized carbons (Fsp3) is 0.375. The molecule has 41 heavy (non-hydrogen) atoms. The molecule has 1 unspecified atom stereocenters. The van der Waals surface area contributed by atoms with Crippen LogP contribution in [-0.4, -0.2) is 76.9 Å². The number of rotatable bonds is 9. The number of amides is 1. The van der Waals surface area contributed by atoms with Crippen LogP contribution in [0.15, 0.2) is 60.7 Å². The lowest BCUT2D eigenvalue weighted by Crippen LogP contribution is -2.56. The summed E-state index contributed by atoms with van der Waals surface area (Å²) >= 11 is 0. The first-order valence-corrected chi connectivity index (χ1v) is 13.9. The van der Waals surface area contributed by atoms with E-state index >= 15 is 0 Å². The van der Waals surface area contributed by atoms with Crippen LogP contribution < -0.4 is 9.47 Å². The van der Waals surface area contributed by atoms with Crippen molar-refractivity contribution in [3.63, 3.8) is 0 Å². The first-order valence-electron chi connectivity index (χ1n) is 13.9. The molecule has 1 aliphatic rings. The molecule has 216 valence electrons. The van der Waals surface area contributed by atoms with Gasteiger partial charge in [-0.2, -0.15) is 0 Å². The molecule has 1 atom stereocenters. The molecule has 2 heterocycles. The first-order chi connectivity index (χ1) is 19.8. The summed E-state index contributed by atoms with van der Waals surface area (Å²) in [6, 6.07) is 17.9. The van der Waals surface area contributed by atoms with Crippen molar-refractivity contribution in [2.24, 2.45) is 5.92 Å². The van der Waals surface area contributed by atoms with Gasteiger partial charge in [0.1, 0.15) is 23.1 Å². The average Bonchev–Trinajstić information content (AvgIpc) is 3.35. The summed E-state index contributed by atoms with van der Waals surface area (Å²) in [5.41, 5.74) is 3.50. The fourth-order valence-corrected chi connectivity index (χ4v) is 5.62. The lowest BCUT2D eigenvalue weighted by molar-refractivity contribution is 0.0326. The third-order valence-electron chi connectivity index (χ3n) is 7.81. The van der Waals surface area contributed by atoms with E-state index in [1.165, 1.54) is 6.07 Å². The number of benzene rings is 3. The number of carbonyl (C=O) groups is 1. The Labute approximate surface area is 239 Å². The van der Waals surface area contributed by atoms with Crippen LogP contribution in [0.25, 0.3) is 22.4 Å². The Kier molecular flexibility index (Phi) is 8.56. The van der Waals surface area contributed by atoms with E-state index in [0.717, 1.165) is 11.1 Å². The van der Waals surface area contributed by atoms with Gasteiger partial charge in [-0.05, 0) is 42.3 Å². The molecule has 0 bridgehead atoms. The number of aliphatic hydroxyl groups is 1. The molecule has 0 saturated carbocycles. The number of carbonyl (C=O) groups excluding carboxylic acids is 1. The summed E-state index contributed by atoms with van der Waals surface area (Å²) in [5.74, 6) is 1.89. The maximum Gasteiger partial charge on any atom is 0.254 e. The van der Waals surface area contributed by atoms with E-state index in [9.17, 15) is 14.3 Å². The van der Waals surface area contributed by atoms with Crippen molar-refractivity contribution in [1.82, 2.24) is 19.4 Å². The minimum atomic E-state index is -0.201. The number of fused-ring (bicyclic) bond motifs is 1. The van der Waals surface area contributed by atoms with Crippen LogP contribution in [0.5, 0.6) is 11.5 Å². The Hall–Kier alpha value is -3.95. The highest BCUT2D eigenvalue weighted by atomic mass is 19.1. The van der Waals surface area contributed by atoms with Gasteiger partial charge in [0.15, 0.2) is 0 Å². The van der Waals surface area contributed by atoms with Crippen LogP contribution in [0.4, 0.5) is 4.39 Å². The summed E-state index contributed by atoms with van der Waals surface area (Å²) in [7, 11) is 3.19. The molecule has 1 fully saturated rings. The van der Waals surface area contributed by atoms with Gasteiger partial charge in [-0.15, -0.1) is 0 Å². The van der Waals surface area contributed by atoms with E-state index < -0.39 is 0 Å². The molecule has 5 rings (SSSR count). The molecule has 0 spiro atoms. The summed E-state index contributed by atoms with van der Waals surface area (Å²) in [5, 5.41) is 9.81. The number of aliphatic hydroxyl groups excluding tert-OH is 1. The van der Waals surface area contributed by atoms with E-state index in [0.29, 0.717) is 66.7 Å². The van der Waals surface area contributed by atoms with E-state index in [-0.39, 0.29) is 30.3 Å². The Morgan fingerprint density at radius 1 is 1.05 bits per heavy atom. The molecule has 1 aromatic heterocycles. The standard InChI is InChI=1S/C32H37FN4O4/c1-21(2)30-20-35(19-23-7-5-6-8-27(23)33)11-12-37(30)32(39)22-9-10-29-28(17-22)34-31(36(29)13-14-38)24-15-25(40-3)18-26(16-24)41-4/h5-10,15-18,21,30,38H,11-14,19-20H2,1-4H3. The molecule has 8 nitrogen and oxygen atoms in total. The normalized spacial score (nSPS) is 16.0. The lowest BCUT2D eigenvalue weighted by atomic mass is 9.98. The van der Waals surface area contributed by atoms with Gasteiger partial charge >= 0.3 is 0 Å². The van der Waals surface area contributed by atoms with E-state index in [4.69, 9.17) is 14.5 Å². The molecule has 4 aromatic rings. The monoisotopic (exact) mass is 560 g/mol. The van der Waals surface area contributed by atoms with E-state index in [1.54, 1.807) is 26.4 Å². The minimum absolute atomic E-state index is 0.00882. The van der Waals surface area contributed by atoms with Crippen molar-refractivity contribution in [1.29, 1.82) is 0 Å². The second kappa shape index (κ2) is 12.3.